The summed E-state index contributed by atoms with van der Waals surface area (Å²) in [7, 11) is 0. The quantitative estimate of drug-likeness (QED) is 0.611. The molecule has 0 aromatic heterocycles. The van der Waals surface area contributed by atoms with Gasteiger partial charge in [0.2, 0.25) is 0 Å². The Morgan fingerprint density at radius 1 is 0.947 bits per heavy atom. The van der Waals surface area contributed by atoms with Gasteiger partial charge >= 0.3 is 0 Å². The van der Waals surface area contributed by atoms with Crippen LogP contribution in [0.1, 0.15) is 11.1 Å². The fraction of sp³-hybridized carbons (Fsp3) is 0.0714. The van der Waals surface area contributed by atoms with Gasteiger partial charge in [0.05, 0.1) is 0 Å². The number of hydrogen-bond acceptors (Lipinski definition) is 2. The third-order valence-electron chi connectivity index (χ3n) is 2.32. The van der Waals surface area contributed by atoms with Gasteiger partial charge in [0.25, 0.3) is 0 Å². The van der Waals surface area contributed by atoms with Gasteiger partial charge in [-0.15, -0.1) is 0 Å². The molecule has 0 N–H and O–H groups in total. The van der Waals surface area contributed by atoms with Crippen molar-refractivity contribution in [1.82, 2.24) is 0 Å². The van der Waals surface area contributed by atoms with E-state index in [9.17, 15) is 13.2 Å². The van der Waals surface area contributed by atoms with Gasteiger partial charge in [-0.05, 0) is 29.8 Å². The standard InChI is InChI=1S/C14H9F3NO/c15-12-4-2-1-3-11(12)8-18-19-9-10-5-6-13(16)14(17)7-10/h1-7H,9H2. The van der Waals surface area contributed by atoms with Gasteiger partial charge in [0.15, 0.2) is 11.6 Å². The Morgan fingerprint density at radius 3 is 2.47 bits per heavy atom. The molecule has 0 saturated heterocycles. The number of benzene rings is 2. The highest BCUT2D eigenvalue weighted by molar-refractivity contribution is 5.79. The van der Waals surface area contributed by atoms with Crippen LogP contribution in [0.5, 0.6) is 0 Å². The van der Waals surface area contributed by atoms with Gasteiger partial charge in [-0.2, -0.15) is 0 Å². The van der Waals surface area contributed by atoms with Crippen LogP contribution in [0.2, 0.25) is 0 Å². The number of nitrogens with zero attached hydrogens (tertiary/aromatic N) is 1. The fourth-order valence-corrected chi connectivity index (χ4v) is 1.37. The molecule has 0 amide bonds. The Morgan fingerprint density at radius 2 is 1.74 bits per heavy atom. The highest BCUT2D eigenvalue weighted by Crippen LogP contribution is 2.10. The van der Waals surface area contributed by atoms with E-state index in [0.717, 1.165) is 12.1 Å². The lowest BCUT2D eigenvalue weighted by atomic mass is 10.2. The molecule has 0 aliphatic rings. The Bertz CT molecular complexity index is 599. The van der Waals surface area contributed by atoms with Crippen LogP contribution in [-0.2, 0) is 11.4 Å². The fourth-order valence-electron chi connectivity index (χ4n) is 1.37. The first-order chi connectivity index (χ1) is 9.16. The predicted octanol–water partition coefficient (Wildman–Crippen LogP) is 3.53. The summed E-state index contributed by atoms with van der Waals surface area (Å²) in [4.78, 5) is 4.83. The maximum absolute atomic E-state index is 13.2. The summed E-state index contributed by atoms with van der Waals surface area (Å²) < 4.78 is 38.7. The molecule has 0 unspecified atom stereocenters. The van der Waals surface area contributed by atoms with E-state index in [1.54, 1.807) is 12.1 Å². The summed E-state index contributed by atoms with van der Waals surface area (Å²) in [5.74, 6) is -2.35. The molecular weight excluding hydrogens is 255 g/mol. The third-order valence-corrected chi connectivity index (χ3v) is 2.32. The average molecular weight is 264 g/mol. The first-order valence-electron chi connectivity index (χ1n) is 5.43. The van der Waals surface area contributed by atoms with Crippen LogP contribution in [0.4, 0.5) is 13.2 Å². The topological polar surface area (TPSA) is 21.6 Å². The van der Waals surface area contributed by atoms with Crippen LogP contribution in [0.25, 0.3) is 0 Å². The van der Waals surface area contributed by atoms with Crippen LogP contribution >= 0.6 is 0 Å². The van der Waals surface area contributed by atoms with Crippen molar-refractivity contribution in [2.45, 2.75) is 6.61 Å². The lowest BCUT2D eigenvalue weighted by molar-refractivity contribution is 0.131. The molecule has 97 valence electrons. The highest BCUT2D eigenvalue weighted by atomic mass is 19.2. The molecule has 0 aliphatic carbocycles. The van der Waals surface area contributed by atoms with E-state index in [0.29, 0.717) is 5.56 Å². The number of halogens is 3. The molecule has 0 aliphatic heterocycles. The molecule has 0 fully saturated rings. The Kier molecular flexibility index (Phi) is 4.18. The summed E-state index contributed by atoms with van der Waals surface area (Å²) >= 11 is 0. The van der Waals surface area contributed by atoms with E-state index >= 15 is 0 Å². The SMILES string of the molecule is Fc1ccc(CO/N=[C]\c2ccccc2F)cc1F. The molecule has 0 saturated carbocycles. The summed E-state index contributed by atoms with van der Waals surface area (Å²) in [5.41, 5.74) is 0.575. The van der Waals surface area contributed by atoms with Crippen molar-refractivity contribution in [2.24, 2.45) is 5.16 Å². The Labute approximate surface area is 108 Å². The van der Waals surface area contributed by atoms with Crippen molar-refractivity contribution >= 4 is 6.21 Å². The molecule has 1 radical (unpaired) electrons. The van der Waals surface area contributed by atoms with Crippen molar-refractivity contribution < 1.29 is 18.0 Å². The lowest BCUT2D eigenvalue weighted by Crippen LogP contribution is -1.92. The Balaban J connectivity index is 1.93. The lowest BCUT2D eigenvalue weighted by Gasteiger charge is -2.00. The van der Waals surface area contributed by atoms with Gasteiger partial charge in [-0.1, -0.05) is 23.4 Å². The van der Waals surface area contributed by atoms with E-state index in [2.05, 4.69) is 11.4 Å². The highest BCUT2D eigenvalue weighted by Gasteiger charge is 2.02. The molecule has 2 aromatic carbocycles. The smallest absolute Gasteiger partial charge is 0.159 e. The molecule has 0 atom stereocenters. The van der Waals surface area contributed by atoms with Crippen molar-refractivity contribution in [2.75, 3.05) is 0 Å². The largest absolute Gasteiger partial charge is 0.390 e. The van der Waals surface area contributed by atoms with E-state index in [4.69, 9.17) is 4.84 Å². The molecular formula is C14H9F3NO. The first kappa shape index (κ1) is 13.1. The number of hydrogen-bond donors (Lipinski definition) is 0. The van der Waals surface area contributed by atoms with Crippen molar-refractivity contribution in [3.8, 4) is 0 Å². The average Bonchev–Trinajstić information content (AvgIpc) is 2.40. The van der Waals surface area contributed by atoms with Gasteiger partial charge in [-0.25, -0.2) is 13.2 Å². The summed E-state index contributed by atoms with van der Waals surface area (Å²) in [6.45, 7) is -0.0569. The van der Waals surface area contributed by atoms with E-state index in [1.807, 2.05) is 0 Å². The maximum Gasteiger partial charge on any atom is 0.159 e. The zero-order valence-electron chi connectivity index (χ0n) is 9.74. The first-order valence-corrected chi connectivity index (χ1v) is 5.43. The second kappa shape index (κ2) is 6.04. The summed E-state index contributed by atoms with van der Waals surface area (Å²) in [6, 6.07) is 9.31. The molecule has 5 heteroatoms. The predicted molar refractivity (Wildman–Crippen MR) is 64.1 cm³/mol. The van der Waals surface area contributed by atoms with Crippen LogP contribution in [-0.4, -0.2) is 6.21 Å². The van der Waals surface area contributed by atoms with Crippen LogP contribution < -0.4 is 0 Å². The molecule has 0 bridgehead atoms. The minimum absolute atomic E-state index is 0.0569. The van der Waals surface area contributed by atoms with Crippen LogP contribution in [0, 0.1) is 17.5 Å². The number of rotatable bonds is 4. The zero-order valence-corrected chi connectivity index (χ0v) is 9.74. The molecule has 2 rings (SSSR count). The van der Waals surface area contributed by atoms with E-state index < -0.39 is 17.5 Å². The Hall–Kier alpha value is -2.30. The van der Waals surface area contributed by atoms with Crippen LogP contribution in [0.3, 0.4) is 0 Å². The minimum Gasteiger partial charge on any atom is -0.390 e. The molecule has 0 spiro atoms. The second-order valence-corrected chi connectivity index (χ2v) is 3.70. The summed E-state index contributed by atoms with van der Waals surface area (Å²) in [5, 5.41) is 3.44. The molecule has 19 heavy (non-hydrogen) atoms. The summed E-state index contributed by atoms with van der Waals surface area (Å²) in [6.07, 6.45) is 2.37. The van der Waals surface area contributed by atoms with Gasteiger partial charge < -0.3 is 4.84 Å². The van der Waals surface area contributed by atoms with Crippen molar-refractivity contribution in [3.05, 3.63) is 71.0 Å². The third kappa shape index (κ3) is 3.58. The monoisotopic (exact) mass is 264 g/mol. The maximum atomic E-state index is 13.2. The molecule has 2 aromatic rings. The minimum atomic E-state index is -0.955. The van der Waals surface area contributed by atoms with Crippen molar-refractivity contribution in [1.29, 1.82) is 0 Å². The zero-order chi connectivity index (χ0) is 13.7. The molecule has 2 nitrogen and oxygen atoms in total. The van der Waals surface area contributed by atoms with E-state index in [-0.39, 0.29) is 12.2 Å². The van der Waals surface area contributed by atoms with Crippen LogP contribution in [0.15, 0.2) is 47.6 Å². The van der Waals surface area contributed by atoms with Crippen molar-refractivity contribution in [3.63, 3.8) is 0 Å². The van der Waals surface area contributed by atoms with Gasteiger partial charge in [-0.3, -0.25) is 0 Å². The van der Waals surface area contributed by atoms with E-state index in [1.165, 1.54) is 18.2 Å². The normalized spacial score (nSPS) is 10.9. The van der Waals surface area contributed by atoms with Gasteiger partial charge in [0, 0.05) is 5.56 Å². The second-order valence-electron chi connectivity index (χ2n) is 3.70. The molecule has 0 heterocycles. The van der Waals surface area contributed by atoms with Gasteiger partial charge in [0.1, 0.15) is 18.6 Å².